The maximum Gasteiger partial charge on any atom is 0.255 e. The van der Waals surface area contributed by atoms with Crippen LogP contribution in [0.1, 0.15) is 47.1 Å². The summed E-state index contributed by atoms with van der Waals surface area (Å²) in [6.45, 7) is 5.75. The molecule has 2 N–H and O–H groups in total. The first kappa shape index (κ1) is 22.9. The van der Waals surface area contributed by atoms with Gasteiger partial charge in [0.05, 0.1) is 11.3 Å². The summed E-state index contributed by atoms with van der Waals surface area (Å²) in [6.07, 6.45) is 0. The van der Waals surface area contributed by atoms with Crippen molar-refractivity contribution in [2.24, 2.45) is 0 Å². The van der Waals surface area contributed by atoms with Gasteiger partial charge in [-0.3, -0.25) is 9.59 Å². The summed E-state index contributed by atoms with van der Waals surface area (Å²) in [6, 6.07) is 22.2. The van der Waals surface area contributed by atoms with Crippen molar-refractivity contribution >= 4 is 40.9 Å². The number of benzene rings is 3. The molecule has 0 spiro atoms. The Labute approximate surface area is 192 Å². The first-order valence-corrected chi connectivity index (χ1v) is 11.3. The van der Waals surface area contributed by atoms with E-state index >= 15 is 0 Å². The van der Waals surface area contributed by atoms with Crippen molar-refractivity contribution in [3.8, 4) is 0 Å². The minimum Gasteiger partial charge on any atom is -0.347 e. The molecule has 3 rings (SSSR count). The van der Waals surface area contributed by atoms with Crippen molar-refractivity contribution in [3.05, 3.63) is 94.5 Å². The highest BCUT2D eigenvalue weighted by Crippen LogP contribution is 2.24. The Morgan fingerprint density at radius 3 is 2.16 bits per heavy atom. The molecule has 0 aliphatic carbocycles. The fourth-order valence-corrected chi connectivity index (χ4v) is 3.82. The smallest absolute Gasteiger partial charge is 0.255 e. The van der Waals surface area contributed by atoms with E-state index in [0.29, 0.717) is 16.8 Å². The Balaban J connectivity index is 1.65. The monoisotopic (exact) mass is 452 g/mol. The van der Waals surface area contributed by atoms with E-state index in [4.69, 9.17) is 11.6 Å². The first-order chi connectivity index (χ1) is 14.7. The summed E-state index contributed by atoms with van der Waals surface area (Å²) < 4.78 is 0. The molecule has 0 saturated heterocycles. The fraction of sp³-hybridized carbons (Fsp3) is 0.200. The van der Waals surface area contributed by atoms with Crippen LogP contribution < -0.4 is 10.6 Å². The maximum atomic E-state index is 12.7. The Morgan fingerprint density at radius 1 is 0.871 bits per heavy atom. The van der Waals surface area contributed by atoms with E-state index in [1.807, 2.05) is 57.2 Å². The second-order valence-electron chi connectivity index (χ2n) is 8.14. The number of anilines is 1. The van der Waals surface area contributed by atoms with Crippen molar-refractivity contribution in [1.82, 2.24) is 5.32 Å². The van der Waals surface area contributed by atoms with E-state index in [9.17, 15) is 9.59 Å². The molecule has 0 unspecified atom stereocenters. The average molecular weight is 453 g/mol. The van der Waals surface area contributed by atoms with Crippen LogP contribution in [0.4, 0.5) is 5.69 Å². The van der Waals surface area contributed by atoms with Gasteiger partial charge in [0.25, 0.3) is 11.8 Å². The number of rotatable bonds is 6. The van der Waals surface area contributed by atoms with E-state index in [1.54, 1.807) is 48.2 Å². The summed E-state index contributed by atoms with van der Waals surface area (Å²) in [4.78, 5) is 26.5. The largest absolute Gasteiger partial charge is 0.347 e. The lowest BCUT2D eigenvalue weighted by Gasteiger charge is -2.21. The predicted octanol–water partition coefficient (Wildman–Crippen LogP) is 6.41. The maximum absolute atomic E-state index is 12.7. The molecule has 0 fully saturated rings. The molecule has 0 aromatic heterocycles. The van der Waals surface area contributed by atoms with E-state index in [2.05, 4.69) is 10.6 Å². The van der Waals surface area contributed by atoms with Crippen LogP contribution in [0.25, 0.3) is 0 Å². The highest BCUT2D eigenvalue weighted by atomic mass is 35.5. The van der Waals surface area contributed by atoms with Crippen LogP contribution in [0.15, 0.2) is 77.7 Å². The van der Waals surface area contributed by atoms with Crippen LogP contribution in [0.2, 0.25) is 5.02 Å². The lowest BCUT2D eigenvalue weighted by atomic mass is 10.1. The number of nitrogens with one attached hydrogen (secondary N) is 2. The molecular formula is C25H25ClN2O2S. The zero-order chi connectivity index (χ0) is 22.4. The van der Waals surface area contributed by atoms with Crippen LogP contribution in [-0.4, -0.2) is 17.4 Å². The van der Waals surface area contributed by atoms with Gasteiger partial charge in [-0.05, 0) is 74.9 Å². The van der Waals surface area contributed by atoms with Crippen LogP contribution in [-0.2, 0) is 5.75 Å². The molecule has 6 heteroatoms. The predicted molar refractivity (Wildman–Crippen MR) is 129 cm³/mol. The van der Waals surface area contributed by atoms with Gasteiger partial charge in [-0.2, -0.15) is 0 Å². The molecule has 0 atom stereocenters. The molecule has 0 saturated carbocycles. The summed E-state index contributed by atoms with van der Waals surface area (Å²) in [5.41, 5.74) is 2.19. The van der Waals surface area contributed by atoms with Gasteiger partial charge in [0.1, 0.15) is 0 Å². The van der Waals surface area contributed by atoms with Crippen molar-refractivity contribution in [3.63, 3.8) is 0 Å². The Bertz CT molecular complexity index is 1060. The molecule has 31 heavy (non-hydrogen) atoms. The molecule has 3 aromatic rings. The van der Waals surface area contributed by atoms with Gasteiger partial charge in [0.2, 0.25) is 0 Å². The van der Waals surface area contributed by atoms with Crippen molar-refractivity contribution in [1.29, 1.82) is 0 Å². The van der Waals surface area contributed by atoms with Gasteiger partial charge in [-0.15, -0.1) is 11.8 Å². The zero-order valence-corrected chi connectivity index (χ0v) is 19.3. The lowest BCUT2D eigenvalue weighted by Crippen LogP contribution is -2.40. The molecule has 0 bridgehead atoms. The average Bonchev–Trinajstić information content (AvgIpc) is 2.73. The van der Waals surface area contributed by atoms with Gasteiger partial charge >= 0.3 is 0 Å². The number of hydrogen-bond donors (Lipinski definition) is 2. The fourth-order valence-electron chi connectivity index (χ4n) is 2.84. The SMILES string of the molecule is CC(C)(C)NC(=O)c1ccccc1NC(=O)c1ccc(CSc2ccc(Cl)cc2)cc1. The van der Waals surface area contributed by atoms with Crippen molar-refractivity contribution in [2.75, 3.05) is 5.32 Å². The number of para-hydroxylation sites is 1. The third-order valence-corrected chi connectivity index (χ3v) is 5.68. The third-order valence-electron chi connectivity index (χ3n) is 4.34. The van der Waals surface area contributed by atoms with Crippen LogP contribution in [0, 0.1) is 0 Å². The molecule has 0 radical (unpaired) electrons. The van der Waals surface area contributed by atoms with Crippen LogP contribution >= 0.6 is 23.4 Å². The minimum atomic E-state index is -0.367. The number of carbonyl (C=O) groups excluding carboxylic acids is 2. The summed E-state index contributed by atoms with van der Waals surface area (Å²) in [7, 11) is 0. The normalized spacial score (nSPS) is 11.1. The first-order valence-electron chi connectivity index (χ1n) is 9.91. The number of thioether (sulfide) groups is 1. The highest BCUT2D eigenvalue weighted by Gasteiger charge is 2.19. The van der Waals surface area contributed by atoms with Gasteiger partial charge in [0, 0.05) is 26.8 Å². The minimum absolute atomic E-state index is 0.224. The van der Waals surface area contributed by atoms with E-state index in [-0.39, 0.29) is 17.4 Å². The Hall–Kier alpha value is -2.76. The molecule has 0 aliphatic rings. The molecule has 160 valence electrons. The van der Waals surface area contributed by atoms with Crippen LogP contribution in [0.3, 0.4) is 0 Å². The zero-order valence-electron chi connectivity index (χ0n) is 17.7. The lowest BCUT2D eigenvalue weighted by molar-refractivity contribution is 0.0920. The van der Waals surface area contributed by atoms with E-state index in [1.165, 1.54) is 0 Å². The Kier molecular flexibility index (Phi) is 7.42. The van der Waals surface area contributed by atoms with E-state index < -0.39 is 0 Å². The van der Waals surface area contributed by atoms with E-state index in [0.717, 1.165) is 21.2 Å². The number of halogens is 1. The van der Waals surface area contributed by atoms with Crippen molar-refractivity contribution < 1.29 is 9.59 Å². The number of hydrogen-bond acceptors (Lipinski definition) is 3. The summed E-state index contributed by atoms with van der Waals surface area (Å²) >= 11 is 7.62. The molecule has 2 amide bonds. The summed E-state index contributed by atoms with van der Waals surface area (Å²) in [5, 5.41) is 6.51. The second-order valence-corrected chi connectivity index (χ2v) is 9.63. The quantitative estimate of drug-likeness (QED) is 0.424. The van der Waals surface area contributed by atoms with Gasteiger partial charge in [0.15, 0.2) is 0 Å². The molecular weight excluding hydrogens is 428 g/mol. The number of carbonyl (C=O) groups is 2. The van der Waals surface area contributed by atoms with Gasteiger partial charge in [-0.25, -0.2) is 0 Å². The molecule has 3 aromatic carbocycles. The highest BCUT2D eigenvalue weighted by molar-refractivity contribution is 7.98. The standard InChI is InChI=1S/C25H25ClN2O2S/c1-25(2,3)28-24(30)21-6-4-5-7-22(21)27-23(29)18-10-8-17(9-11-18)16-31-20-14-12-19(26)13-15-20/h4-15H,16H2,1-3H3,(H,27,29)(H,28,30). The van der Waals surface area contributed by atoms with Crippen molar-refractivity contribution in [2.45, 2.75) is 37.0 Å². The molecule has 0 aliphatic heterocycles. The Morgan fingerprint density at radius 2 is 1.52 bits per heavy atom. The number of amides is 2. The molecule has 4 nitrogen and oxygen atoms in total. The third kappa shape index (κ3) is 6.88. The molecule has 0 heterocycles. The van der Waals surface area contributed by atoms with Gasteiger partial charge in [-0.1, -0.05) is 35.9 Å². The second kappa shape index (κ2) is 10.0. The van der Waals surface area contributed by atoms with Crippen LogP contribution in [0.5, 0.6) is 0 Å². The van der Waals surface area contributed by atoms with Gasteiger partial charge < -0.3 is 10.6 Å². The topological polar surface area (TPSA) is 58.2 Å². The summed E-state index contributed by atoms with van der Waals surface area (Å²) in [5.74, 6) is 0.310.